The fourth-order valence-corrected chi connectivity index (χ4v) is 2.24. The number of nitriles is 1. The Kier molecular flexibility index (Phi) is 4.19. The highest BCUT2D eigenvalue weighted by atomic mass is 16.1. The first-order chi connectivity index (χ1) is 9.53. The molecule has 0 atom stereocenters. The van der Waals surface area contributed by atoms with Crippen LogP contribution in [0.5, 0.6) is 0 Å². The number of aromatic nitrogens is 2. The second-order valence-electron chi connectivity index (χ2n) is 5.69. The van der Waals surface area contributed by atoms with Crippen LogP contribution in [0, 0.1) is 16.7 Å². The molecule has 1 heterocycles. The Morgan fingerprint density at radius 2 is 2.05 bits per heavy atom. The van der Waals surface area contributed by atoms with Crippen molar-refractivity contribution in [3.63, 3.8) is 0 Å². The summed E-state index contributed by atoms with van der Waals surface area (Å²) in [6, 6.07) is 9.96. The van der Waals surface area contributed by atoms with Gasteiger partial charge in [-0.3, -0.25) is 4.79 Å². The van der Waals surface area contributed by atoms with Crippen molar-refractivity contribution in [1.29, 1.82) is 5.26 Å². The Hall–Kier alpha value is -2.15. The lowest BCUT2D eigenvalue weighted by molar-refractivity contribution is 0.417. The molecule has 2 aromatic rings. The molecule has 4 nitrogen and oxygen atoms in total. The van der Waals surface area contributed by atoms with Crippen LogP contribution in [0.1, 0.15) is 33.1 Å². The predicted molar refractivity (Wildman–Crippen MR) is 79.2 cm³/mol. The van der Waals surface area contributed by atoms with Gasteiger partial charge >= 0.3 is 0 Å². The molecule has 0 saturated heterocycles. The SMILES string of the molecule is CC(C)(C#N)CCCCn1c(=O)cnc2ccccc21. The van der Waals surface area contributed by atoms with Crippen LogP contribution >= 0.6 is 0 Å². The van der Waals surface area contributed by atoms with E-state index in [1.165, 1.54) is 6.20 Å². The van der Waals surface area contributed by atoms with Crippen LogP contribution in [0.3, 0.4) is 0 Å². The van der Waals surface area contributed by atoms with Crippen molar-refractivity contribution in [3.05, 3.63) is 40.8 Å². The summed E-state index contributed by atoms with van der Waals surface area (Å²) in [6.45, 7) is 4.56. The number of fused-ring (bicyclic) bond motifs is 1. The second kappa shape index (κ2) is 5.87. The van der Waals surface area contributed by atoms with E-state index < -0.39 is 0 Å². The van der Waals surface area contributed by atoms with E-state index in [4.69, 9.17) is 5.26 Å². The standard InChI is InChI=1S/C16H19N3O/c1-16(2,12-17)9-5-6-10-19-14-8-4-3-7-13(14)18-11-15(19)20/h3-4,7-8,11H,5-6,9-10H2,1-2H3. The zero-order chi connectivity index (χ0) is 14.6. The summed E-state index contributed by atoms with van der Waals surface area (Å²) in [7, 11) is 0. The smallest absolute Gasteiger partial charge is 0.269 e. The normalized spacial score (nSPS) is 11.4. The molecule has 0 aliphatic heterocycles. The highest BCUT2D eigenvalue weighted by molar-refractivity contribution is 5.74. The Labute approximate surface area is 118 Å². The second-order valence-corrected chi connectivity index (χ2v) is 5.69. The number of benzene rings is 1. The number of rotatable bonds is 5. The van der Waals surface area contributed by atoms with Gasteiger partial charge in [-0.05, 0) is 38.8 Å². The highest BCUT2D eigenvalue weighted by Crippen LogP contribution is 2.22. The van der Waals surface area contributed by atoms with E-state index in [2.05, 4.69) is 11.1 Å². The third kappa shape index (κ3) is 3.24. The van der Waals surface area contributed by atoms with Gasteiger partial charge in [-0.1, -0.05) is 18.6 Å². The van der Waals surface area contributed by atoms with E-state index in [9.17, 15) is 4.79 Å². The number of unbranched alkanes of at least 4 members (excludes halogenated alkanes) is 1. The monoisotopic (exact) mass is 269 g/mol. The van der Waals surface area contributed by atoms with Crippen molar-refractivity contribution in [3.8, 4) is 6.07 Å². The molecule has 104 valence electrons. The molecule has 0 saturated carbocycles. The first kappa shape index (κ1) is 14.3. The van der Waals surface area contributed by atoms with Gasteiger partial charge in [0, 0.05) is 6.54 Å². The van der Waals surface area contributed by atoms with Crippen molar-refractivity contribution >= 4 is 11.0 Å². The van der Waals surface area contributed by atoms with E-state index in [-0.39, 0.29) is 11.0 Å². The molecule has 1 aromatic carbocycles. The van der Waals surface area contributed by atoms with Crippen LogP contribution in [0.2, 0.25) is 0 Å². The molecule has 0 amide bonds. The lowest BCUT2D eigenvalue weighted by atomic mass is 9.89. The third-order valence-corrected chi connectivity index (χ3v) is 3.49. The van der Waals surface area contributed by atoms with E-state index in [0.29, 0.717) is 6.54 Å². The van der Waals surface area contributed by atoms with Gasteiger partial charge in [0.15, 0.2) is 0 Å². The maximum Gasteiger partial charge on any atom is 0.269 e. The number of nitrogens with zero attached hydrogens (tertiary/aromatic N) is 3. The fraction of sp³-hybridized carbons (Fsp3) is 0.438. The first-order valence-electron chi connectivity index (χ1n) is 6.89. The molecular formula is C16H19N3O. The van der Waals surface area contributed by atoms with E-state index >= 15 is 0 Å². The van der Waals surface area contributed by atoms with Crippen molar-refractivity contribution in [2.24, 2.45) is 5.41 Å². The highest BCUT2D eigenvalue weighted by Gasteiger charge is 2.15. The molecule has 4 heteroatoms. The third-order valence-electron chi connectivity index (χ3n) is 3.49. The quantitative estimate of drug-likeness (QED) is 0.783. The molecule has 0 radical (unpaired) electrons. The maximum atomic E-state index is 11.9. The molecule has 1 aromatic heterocycles. The van der Waals surface area contributed by atoms with Crippen LogP contribution in [0.25, 0.3) is 11.0 Å². The molecule has 2 rings (SSSR count). The van der Waals surface area contributed by atoms with E-state index in [1.54, 1.807) is 4.57 Å². The number of hydrogen-bond acceptors (Lipinski definition) is 3. The number of hydrogen-bond donors (Lipinski definition) is 0. The van der Waals surface area contributed by atoms with Gasteiger partial charge in [0.25, 0.3) is 5.56 Å². The average molecular weight is 269 g/mol. The van der Waals surface area contributed by atoms with Gasteiger partial charge in [-0.25, -0.2) is 4.98 Å². The van der Waals surface area contributed by atoms with Gasteiger partial charge in [0.2, 0.25) is 0 Å². The van der Waals surface area contributed by atoms with Crippen molar-refractivity contribution < 1.29 is 0 Å². The van der Waals surface area contributed by atoms with E-state index in [1.807, 2.05) is 38.1 Å². The van der Waals surface area contributed by atoms with Crippen LogP contribution < -0.4 is 5.56 Å². The molecule has 0 N–H and O–H groups in total. The summed E-state index contributed by atoms with van der Waals surface area (Å²) in [6.07, 6.45) is 4.05. The maximum absolute atomic E-state index is 11.9. The van der Waals surface area contributed by atoms with Crippen molar-refractivity contribution in [2.75, 3.05) is 0 Å². The average Bonchev–Trinajstić information content (AvgIpc) is 2.45. The number of para-hydroxylation sites is 2. The zero-order valence-corrected chi connectivity index (χ0v) is 12.0. The predicted octanol–water partition coefficient (Wildman–Crippen LogP) is 3.12. The molecular weight excluding hydrogens is 250 g/mol. The molecule has 0 spiro atoms. The summed E-state index contributed by atoms with van der Waals surface area (Å²) in [5, 5.41) is 8.98. The summed E-state index contributed by atoms with van der Waals surface area (Å²) in [5.41, 5.74) is 1.36. The minimum Gasteiger partial charge on any atom is -0.305 e. The van der Waals surface area contributed by atoms with Gasteiger partial charge in [-0.15, -0.1) is 0 Å². The summed E-state index contributed by atoms with van der Waals surface area (Å²) in [5.74, 6) is 0. The lowest BCUT2D eigenvalue weighted by Gasteiger charge is -2.15. The summed E-state index contributed by atoms with van der Waals surface area (Å²) in [4.78, 5) is 16.1. The van der Waals surface area contributed by atoms with Gasteiger partial charge < -0.3 is 4.57 Å². The molecule has 0 unspecified atom stereocenters. The van der Waals surface area contributed by atoms with Gasteiger partial charge in [0.05, 0.1) is 28.7 Å². The van der Waals surface area contributed by atoms with Gasteiger partial charge in [-0.2, -0.15) is 5.26 Å². The van der Waals surface area contributed by atoms with Crippen molar-refractivity contribution in [1.82, 2.24) is 9.55 Å². The molecule has 20 heavy (non-hydrogen) atoms. The largest absolute Gasteiger partial charge is 0.305 e. The van der Waals surface area contributed by atoms with Crippen LogP contribution in [-0.4, -0.2) is 9.55 Å². The zero-order valence-electron chi connectivity index (χ0n) is 12.0. The number of aryl methyl sites for hydroxylation is 1. The minimum absolute atomic E-state index is 0.0664. The van der Waals surface area contributed by atoms with Crippen molar-refractivity contribution in [2.45, 2.75) is 39.7 Å². The topological polar surface area (TPSA) is 58.7 Å². The Morgan fingerprint density at radius 1 is 1.30 bits per heavy atom. The Bertz CT molecular complexity index is 695. The Morgan fingerprint density at radius 3 is 2.80 bits per heavy atom. The van der Waals surface area contributed by atoms with E-state index in [0.717, 1.165) is 30.3 Å². The van der Waals surface area contributed by atoms with Crippen LogP contribution in [0.15, 0.2) is 35.3 Å². The lowest BCUT2D eigenvalue weighted by Crippen LogP contribution is -2.20. The first-order valence-corrected chi connectivity index (χ1v) is 6.89. The fourth-order valence-electron chi connectivity index (χ4n) is 2.24. The van der Waals surface area contributed by atoms with Crippen LogP contribution in [0.4, 0.5) is 0 Å². The van der Waals surface area contributed by atoms with Crippen LogP contribution in [-0.2, 0) is 6.54 Å². The molecule has 0 aliphatic carbocycles. The summed E-state index contributed by atoms with van der Waals surface area (Å²) >= 11 is 0. The molecule has 0 aliphatic rings. The minimum atomic E-state index is -0.286. The summed E-state index contributed by atoms with van der Waals surface area (Å²) < 4.78 is 1.77. The molecule has 0 bridgehead atoms. The molecule has 0 fully saturated rings. The van der Waals surface area contributed by atoms with Gasteiger partial charge in [0.1, 0.15) is 0 Å². The Balaban J connectivity index is 2.09.